The van der Waals surface area contributed by atoms with Crippen LogP contribution in [0.5, 0.6) is 5.75 Å². The fourth-order valence-corrected chi connectivity index (χ4v) is 2.56. The molecule has 0 heterocycles. The zero-order chi connectivity index (χ0) is 18.9. The van der Waals surface area contributed by atoms with Gasteiger partial charge in [0, 0.05) is 18.7 Å². The summed E-state index contributed by atoms with van der Waals surface area (Å²) in [5.74, 6) is 0.0539. The summed E-state index contributed by atoms with van der Waals surface area (Å²) in [7, 11) is 3.88. The summed E-state index contributed by atoms with van der Waals surface area (Å²) in [6.45, 7) is -2.40. The maximum absolute atomic E-state index is 12.4. The molecule has 0 aromatic heterocycles. The second kappa shape index (κ2) is 9.72. The first-order chi connectivity index (χ1) is 12.5. The van der Waals surface area contributed by atoms with Crippen LogP contribution in [0.3, 0.4) is 0 Å². The van der Waals surface area contributed by atoms with Crippen molar-refractivity contribution in [3.63, 3.8) is 0 Å². The van der Waals surface area contributed by atoms with E-state index >= 15 is 0 Å². The summed E-state index contributed by atoms with van der Waals surface area (Å²) in [4.78, 5) is 14.1. The molecule has 0 radical (unpaired) electrons. The zero-order valence-corrected chi connectivity index (χ0v) is 14.8. The molecule has 2 amide bonds. The summed E-state index contributed by atoms with van der Waals surface area (Å²) < 4.78 is 29.3. The number of nitrogens with one attached hydrogen (secondary N) is 2. The van der Waals surface area contributed by atoms with E-state index in [0.29, 0.717) is 12.1 Å². The second-order valence-corrected chi connectivity index (χ2v) is 5.94. The number of hydrogen-bond donors (Lipinski definition) is 2. The summed E-state index contributed by atoms with van der Waals surface area (Å²) in [6.07, 6.45) is 0. The van der Waals surface area contributed by atoms with Crippen LogP contribution in [0.4, 0.5) is 13.6 Å². The Balaban J connectivity index is 1.89. The molecule has 2 rings (SSSR count). The topological polar surface area (TPSA) is 53.6 Å². The van der Waals surface area contributed by atoms with Crippen LogP contribution in [0.2, 0.25) is 0 Å². The van der Waals surface area contributed by atoms with Crippen molar-refractivity contribution >= 4 is 6.03 Å². The summed E-state index contributed by atoms with van der Waals surface area (Å²) >= 11 is 0. The molecule has 7 heteroatoms. The monoisotopic (exact) mass is 363 g/mol. The smallest absolute Gasteiger partial charge is 0.387 e. The molecule has 0 aliphatic heterocycles. The molecule has 0 bridgehead atoms. The van der Waals surface area contributed by atoms with Gasteiger partial charge in [-0.15, -0.1) is 0 Å². The van der Waals surface area contributed by atoms with Crippen LogP contribution in [-0.4, -0.2) is 38.2 Å². The number of ether oxygens (including phenoxy) is 1. The van der Waals surface area contributed by atoms with E-state index in [1.165, 1.54) is 6.07 Å². The normalized spacial score (nSPS) is 12.1. The molecule has 1 atom stereocenters. The first kappa shape index (κ1) is 19.7. The van der Waals surface area contributed by atoms with E-state index in [1.54, 1.807) is 18.2 Å². The Kier molecular flexibility index (Phi) is 7.35. The molecular formula is C19H23F2N3O2. The van der Waals surface area contributed by atoms with Crippen molar-refractivity contribution in [1.29, 1.82) is 0 Å². The highest BCUT2D eigenvalue weighted by Crippen LogP contribution is 2.20. The fraction of sp³-hybridized carbons (Fsp3) is 0.316. The number of carbonyl (C=O) groups excluding carboxylic acids is 1. The third-order valence-electron chi connectivity index (χ3n) is 3.89. The number of para-hydroxylation sites is 1. The number of nitrogens with zero attached hydrogens (tertiary/aromatic N) is 1. The molecule has 5 nitrogen and oxygen atoms in total. The molecule has 0 spiro atoms. The standard InChI is InChI=1S/C19H23F2N3O2/c1-24(2)16(14-8-4-3-5-9-14)13-23-19(25)22-12-15-10-6-7-11-17(15)26-18(20)21/h3-11,16,18H,12-13H2,1-2H3,(H2,22,23,25). The maximum Gasteiger partial charge on any atom is 0.387 e. The molecule has 2 aromatic carbocycles. The Bertz CT molecular complexity index is 696. The average molecular weight is 363 g/mol. The number of rotatable bonds is 8. The molecule has 1 unspecified atom stereocenters. The average Bonchev–Trinajstić information content (AvgIpc) is 2.61. The van der Waals surface area contributed by atoms with E-state index in [-0.39, 0.29) is 24.4 Å². The highest BCUT2D eigenvalue weighted by atomic mass is 19.3. The lowest BCUT2D eigenvalue weighted by Gasteiger charge is -2.25. The minimum atomic E-state index is -2.91. The van der Waals surface area contributed by atoms with Gasteiger partial charge in [-0.05, 0) is 25.7 Å². The van der Waals surface area contributed by atoms with Gasteiger partial charge in [0.05, 0.1) is 6.04 Å². The van der Waals surface area contributed by atoms with E-state index in [0.717, 1.165) is 5.56 Å². The molecule has 2 N–H and O–H groups in total. The van der Waals surface area contributed by atoms with Gasteiger partial charge in [0.25, 0.3) is 0 Å². The number of urea groups is 1. The predicted octanol–water partition coefficient (Wildman–Crippen LogP) is 3.39. The predicted molar refractivity (Wildman–Crippen MR) is 96.2 cm³/mol. The van der Waals surface area contributed by atoms with Crippen LogP contribution in [0, 0.1) is 0 Å². The van der Waals surface area contributed by atoms with Crippen molar-refractivity contribution in [3.05, 3.63) is 65.7 Å². The molecule has 0 saturated carbocycles. The Morgan fingerprint density at radius 3 is 2.35 bits per heavy atom. The summed E-state index contributed by atoms with van der Waals surface area (Å²) in [5.41, 5.74) is 1.57. The number of alkyl halides is 2. The van der Waals surface area contributed by atoms with Gasteiger partial charge < -0.3 is 20.3 Å². The quantitative estimate of drug-likeness (QED) is 0.756. The van der Waals surface area contributed by atoms with Crippen molar-refractivity contribution in [2.75, 3.05) is 20.6 Å². The van der Waals surface area contributed by atoms with Crippen molar-refractivity contribution in [1.82, 2.24) is 15.5 Å². The molecule has 2 aromatic rings. The van der Waals surface area contributed by atoms with Crippen LogP contribution in [0.15, 0.2) is 54.6 Å². The lowest BCUT2D eigenvalue weighted by Crippen LogP contribution is -2.40. The Morgan fingerprint density at radius 1 is 1.04 bits per heavy atom. The highest BCUT2D eigenvalue weighted by Gasteiger charge is 2.15. The SMILES string of the molecule is CN(C)C(CNC(=O)NCc1ccccc1OC(F)F)c1ccccc1. The molecule has 0 saturated heterocycles. The Hall–Kier alpha value is -2.67. The van der Waals surface area contributed by atoms with Gasteiger partial charge in [-0.3, -0.25) is 0 Å². The fourth-order valence-electron chi connectivity index (χ4n) is 2.56. The van der Waals surface area contributed by atoms with Crippen LogP contribution in [0.25, 0.3) is 0 Å². The van der Waals surface area contributed by atoms with Gasteiger partial charge in [-0.25, -0.2) is 4.79 Å². The van der Waals surface area contributed by atoms with Gasteiger partial charge in [0.2, 0.25) is 0 Å². The molecule has 0 aliphatic rings. The van der Waals surface area contributed by atoms with Crippen LogP contribution in [-0.2, 0) is 6.54 Å². The third-order valence-corrected chi connectivity index (χ3v) is 3.89. The van der Waals surface area contributed by atoms with E-state index in [1.807, 2.05) is 49.3 Å². The molecular weight excluding hydrogens is 340 g/mol. The lowest BCUT2D eigenvalue weighted by atomic mass is 10.1. The zero-order valence-electron chi connectivity index (χ0n) is 14.8. The van der Waals surface area contributed by atoms with Gasteiger partial charge in [-0.1, -0.05) is 48.5 Å². The van der Waals surface area contributed by atoms with Crippen LogP contribution < -0.4 is 15.4 Å². The van der Waals surface area contributed by atoms with Crippen molar-refractivity contribution in [2.24, 2.45) is 0 Å². The molecule has 26 heavy (non-hydrogen) atoms. The highest BCUT2D eigenvalue weighted by molar-refractivity contribution is 5.74. The number of carbonyl (C=O) groups is 1. The van der Waals surface area contributed by atoms with E-state index < -0.39 is 6.61 Å². The number of likely N-dealkylation sites (N-methyl/N-ethyl adjacent to an activating group) is 1. The number of hydrogen-bond acceptors (Lipinski definition) is 3. The minimum absolute atomic E-state index is 0.0244. The number of halogens is 2. The van der Waals surface area contributed by atoms with Gasteiger partial charge in [0.15, 0.2) is 0 Å². The third kappa shape index (κ3) is 6.00. The number of amides is 2. The van der Waals surface area contributed by atoms with Crippen molar-refractivity contribution in [2.45, 2.75) is 19.2 Å². The molecule has 0 aliphatic carbocycles. The second-order valence-electron chi connectivity index (χ2n) is 5.94. The van der Waals surface area contributed by atoms with Gasteiger partial charge in [-0.2, -0.15) is 8.78 Å². The van der Waals surface area contributed by atoms with Gasteiger partial charge in [0.1, 0.15) is 5.75 Å². The Labute approximate surface area is 152 Å². The van der Waals surface area contributed by atoms with Crippen LogP contribution in [0.1, 0.15) is 17.2 Å². The summed E-state index contributed by atoms with van der Waals surface area (Å²) in [6, 6.07) is 15.9. The first-order valence-corrected chi connectivity index (χ1v) is 8.23. The van der Waals surface area contributed by atoms with Crippen molar-refractivity contribution < 1.29 is 18.3 Å². The lowest BCUT2D eigenvalue weighted by molar-refractivity contribution is -0.0504. The first-order valence-electron chi connectivity index (χ1n) is 8.23. The molecule has 0 fully saturated rings. The van der Waals surface area contributed by atoms with Crippen LogP contribution >= 0.6 is 0 Å². The maximum atomic E-state index is 12.4. The van der Waals surface area contributed by atoms with Gasteiger partial charge >= 0.3 is 12.6 Å². The van der Waals surface area contributed by atoms with Crippen molar-refractivity contribution in [3.8, 4) is 5.75 Å². The Morgan fingerprint density at radius 2 is 1.69 bits per heavy atom. The largest absolute Gasteiger partial charge is 0.434 e. The summed E-state index contributed by atoms with van der Waals surface area (Å²) in [5, 5.41) is 5.48. The molecule has 140 valence electrons. The van der Waals surface area contributed by atoms with E-state index in [9.17, 15) is 13.6 Å². The van der Waals surface area contributed by atoms with E-state index in [4.69, 9.17) is 0 Å². The minimum Gasteiger partial charge on any atom is -0.434 e. The number of benzene rings is 2. The van der Waals surface area contributed by atoms with E-state index in [2.05, 4.69) is 15.4 Å².